The summed E-state index contributed by atoms with van der Waals surface area (Å²) in [5.41, 5.74) is 6.10. The van der Waals surface area contributed by atoms with E-state index in [1.165, 1.54) is 0 Å². The van der Waals surface area contributed by atoms with Crippen LogP contribution in [0.3, 0.4) is 0 Å². The van der Waals surface area contributed by atoms with Crippen LogP contribution in [0, 0.1) is 0 Å². The molecule has 1 fully saturated rings. The first-order chi connectivity index (χ1) is 9.44. The van der Waals surface area contributed by atoms with E-state index in [4.69, 9.17) is 19.9 Å². The Balaban J connectivity index is 1.68. The van der Waals surface area contributed by atoms with Gasteiger partial charge in [-0.1, -0.05) is 6.07 Å². The molecule has 2 N–H and O–H groups in total. The second kappa shape index (κ2) is 6.13. The zero-order valence-electron chi connectivity index (χ0n) is 11.9. The Morgan fingerprint density at radius 2 is 2.30 bits per heavy atom. The summed E-state index contributed by atoms with van der Waals surface area (Å²) < 4.78 is 16.2. The van der Waals surface area contributed by atoms with Crippen molar-refractivity contribution in [3.63, 3.8) is 0 Å². The van der Waals surface area contributed by atoms with Gasteiger partial charge >= 0.3 is 5.97 Å². The van der Waals surface area contributed by atoms with Crippen LogP contribution < -0.4 is 10.5 Å². The van der Waals surface area contributed by atoms with Crippen molar-refractivity contribution in [1.82, 2.24) is 0 Å². The molecule has 0 saturated carbocycles. The predicted octanol–water partition coefficient (Wildman–Crippen LogP) is 2.15. The van der Waals surface area contributed by atoms with Gasteiger partial charge in [-0.2, -0.15) is 0 Å². The first-order valence-corrected chi connectivity index (χ1v) is 6.76. The van der Waals surface area contributed by atoms with Gasteiger partial charge in [-0.05, 0) is 38.8 Å². The van der Waals surface area contributed by atoms with Crippen molar-refractivity contribution in [3.05, 3.63) is 24.3 Å². The maximum absolute atomic E-state index is 11.6. The maximum atomic E-state index is 11.6. The molecule has 1 heterocycles. The number of carbonyl (C=O) groups excluding carboxylic acids is 1. The molecule has 1 aromatic rings. The molecular weight excluding hydrogens is 258 g/mol. The Hall–Kier alpha value is -1.75. The third-order valence-electron chi connectivity index (χ3n) is 3.20. The number of benzene rings is 1. The molecular formula is C15H21NO4. The van der Waals surface area contributed by atoms with Crippen molar-refractivity contribution in [3.8, 4) is 5.75 Å². The minimum absolute atomic E-state index is 0.0127. The highest BCUT2D eigenvalue weighted by Crippen LogP contribution is 2.29. The first-order valence-electron chi connectivity index (χ1n) is 6.76. The molecule has 110 valence electrons. The molecule has 1 unspecified atom stereocenters. The van der Waals surface area contributed by atoms with Crippen LogP contribution in [0.5, 0.6) is 5.75 Å². The lowest BCUT2D eigenvalue weighted by molar-refractivity contribution is -0.151. The Bertz CT molecular complexity index is 473. The summed E-state index contributed by atoms with van der Waals surface area (Å²) in [4.78, 5) is 11.6. The van der Waals surface area contributed by atoms with E-state index >= 15 is 0 Å². The van der Waals surface area contributed by atoms with Crippen molar-refractivity contribution < 1.29 is 19.0 Å². The van der Waals surface area contributed by atoms with E-state index in [2.05, 4.69) is 0 Å². The molecule has 20 heavy (non-hydrogen) atoms. The van der Waals surface area contributed by atoms with E-state index < -0.39 is 5.97 Å². The van der Waals surface area contributed by atoms with Crippen molar-refractivity contribution in [2.45, 2.75) is 38.4 Å². The summed E-state index contributed by atoms with van der Waals surface area (Å²) >= 11 is 0. The molecule has 1 atom stereocenters. The molecule has 5 heteroatoms. The first kappa shape index (κ1) is 14.7. The minimum Gasteiger partial charge on any atom is -0.482 e. The predicted molar refractivity (Wildman–Crippen MR) is 75.5 cm³/mol. The number of hydrogen-bond donors (Lipinski definition) is 1. The lowest BCUT2D eigenvalue weighted by atomic mass is 10.1. The second-order valence-electron chi connectivity index (χ2n) is 5.58. The fraction of sp³-hybridized carbons (Fsp3) is 0.533. The number of nitrogen functional groups attached to an aromatic ring is 1. The zero-order chi connectivity index (χ0) is 14.6. The number of rotatable bonds is 5. The van der Waals surface area contributed by atoms with Gasteiger partial charge in [0.25, 0.3) is 0 Å². The molecule has 0 radical (unpaired) electrons. The molecule has 0 aliphatic carbocycles. The molecule has 0 amide bonds. The van der Waals surface area contributed by atoms with Crippen LogP contribution in [0.4, 0.5) is 5.69 Å². The molecule has 1 aliphatic heterocycles. The Labute approximate surface area is 119 Å². The summed E-state index contributed by atoms with van der Waals surface area (Å²) in [7, 11) is 0. The molecule has 0 bridgehead atoms. The third-order valence-corrected chi connectivity index (χ3v) is 3.20. The van der Waals surface area contributed by atoms with E-state index in [9.17, 15) is 4.79 Å². The van der Waals surface area contributed by atoms with Crippen LogP contribution in [-0.2, 0) is 14.3 Å². The Morgan fingerprint density at radius 1 is 1.50 bits per heavy atom. The highest BCUT2D eigenvalue weighted by atomic mass is 16.6. The van der Waals surface area contributed by atoms with Crippen molar-refractivity contribution in [1.29, 1.82) is 0 Å². The maximum Gasteiger partial charge on any atom is 0.344 e. The Kier molecular flexibility index (Phi) is 4.49. The van der Waals surface area contributed by atoms with Gasteiger partial charge in [0.1, 0.15) is 12.4 Å². The third kappa shape index (κ3) is 4.42. The topological polar surface area (TPSA) is 70.8 Å². The van der Waals surface area contributed by atoms with Crippen LogP contribution in [-0.4, -0.2) is 30.9 Å². The van der Waals surface area contributed by atoms with E-state index in [-0.39, 0.29) is 24.9 Å². The highest BCUT2D eigenvalue weighted by molar-refractivity contribution is 5.71. The van der Waals surface area contributed by atoms with Gasteiger partial charge < -0.3 is 19.9 Å². The number of carbonyl (C=O) groups is 1. The monoisotopic (exact) mass is 279 g/mol. The number of hydrogen-bond acceptors (Lipinski definition) is 5. The molecule has 1 aromatic carbocycles. The van der Waals surface area contributed by atoms with Crippen molar-refractivity contribution in [2.24, 2.45) is 0 Å². The fourth-order valence-corrected chi connectivity index (χ4v) is 2.17. The van der Waals surface area contributed by atoms with Crippen LogP contribution in [0.15, 0.2) is 24.3 Å². The van der Waals surface area contributed by atoms with Gasteiger partial charge in [-0.15, -0.1) is 0 Å². The number of anilines is 1. The SMILES string of the molecule is CC1(C)CCC(COC(=O)COc2cccc(N)c2)O1. The summed E-state index contributed by atoms with van der Waals surface area (Å²) in [6.45, 7) is 4.23. The summed E-state index contributed by atoms with van der Waals surface area (Å²) in [5.74, 6) is 0.154. The van der Waals surface area contributed by atoms with Gasteiger partial charge in [0.2, 0.25) is 0 Å². The van der Waals surface area contributed by atoms with Gasteiger partial charge in [0.15, 0.2) is 6.61 Å². The van der Waals surface area contributed by atoms with E-state index in [0.29, 0.717) is 11.4 Å². The smallest absolute Gasteiger partial charge is 0.344 e. The number of nitrogens with two attached hydrogens (primary N) is 1. The van der Waals surface area contributed by atoms with Crippen LogP contribution in [0.2, 0.25) is 0 Å². The molecule has 1 aliphatic rings. The largest absolute Gasteiger partial charge is 0.482 e. The van der Waals surface area contributed by atoms with Crippen LogP contribution in [0.1, 0.15) is 26.7 Å². The van der Waals surface area contributed by atoms with E-state index in [1.807, 2.05) is 13.8 Å². The molecule has 1 saturated heterocycles. The van der Waals surface area contributed by atoms with Gasteiger partial charge in [0, 0.05) is 11.8 Å². The van der Waals surface area contributed by atoms with Crippen LogP contribution >= 0.6 is 0 Å². The quantitative estimate of drug-likeness (QED) is 0.660. The van der Waals surface area contributed by atoms with Gasteiger partial charge in [0.05, 0.1) is 11.7 Å². The average Bonchev–Trinajstić information content (AvgIpc) is 2.74. The molecule has 2 rings (SSSR count). The summed E-state index contributed by atoms with van der Waals surface area (Å²) in [6, 6.07) is 6.93. The normalized spacial score (nSPS) is 20.6. The number of ether oxygens (including phenoxy) is 3. The lowest BCUT2D eigenvalue weighted by Crippen LogP contribution is -2.25. The fourth-order valence-electron chi connectivity index (χ4n) is 2.17. The molecule has 5 nitrogen and oxygen atoms in total. The molecule has 0 spiro atoms. The van der Waals surface area contributed by atoms with E-state index in [1.54, 1.807) is 24.3 Å². The highest BCUT2D eigenvalue weighted by Gasteiger charge is 2.32. The standard InChI is InChI=1S/C15H21NO4/c1-15(2)7-6-13(20-15)9-19-14(17)10-18-12-5-3-4-11(16)8-12/h3-5,8,13H,6-7,9-10,16H2,1-2H3. The second-order valence-corrected chi connectivity index (χ2v) is 5.58. The van der Waals surface area contributed by atoms with Crippen LogP contribution in [0.25, 0.3) is 0 Å². The zero-order valence-corrected chi connectivity index (χ0v) is 11.9. The average molecular weight is 279 g/mol. The Morgan fingerprint density at radius 3 is 2.95 bits per heavy atom. The van der Waals surface area contributed by atoms with Gasteiger partial charge in [-0.3, -0.25) is 0 Å². The van der Waals surface area contributed by atoms with Crippen molar-refractivity contribution in [2.75, 3.05) is 18.9 Å². The van der Waals surface area contributed by atoms with Gasteiger partial charge in [-0.25, -0.2) is 4.79 Å². The summed E-state index contributed by atoms with van der Waals surface area (Å²) in [5, 5.41) is 0. The van der Waals surface area contributed by atoms with E-state index in [0.717, 1.165) is 12.8 Å². The molecule has 0 aromatic heterocycles. The lowest BCUT2D eigenvalue weighted by Gasteiger charge is -2.19. The van der Waals surface area contributed by atoms with Crippen molar-refractivity contribution >= 4 is 11.7 Å². The number of esters is 1. The summed E-state index contributed by atoms with van der Waals surface area (Å²) in [6.07, 6.45) is 1.88. The minimum atomic E-state index is -0.402.